The van der Waals surface area contributed by atoms with Gasteiger partial charge in [0.15, 0.2) is 11.5 Å². The summed E-state index contributed by atoms with van der Waals surface area (Å²) in [7, 11) is 3.91. The van der Waals surface area contributed by atoms with Crippen molar-refractivity contribution in [2.45, 2.75) is 13.0 Å². The van der Waals surface area contributed by atoms with Crippen LogP contribution in [-0.4, -0.2) is 34.0 Å². The van der Waals surface area contributed by atoms with E-state index in [1.165, 1.54) is 0 Å². The minimum atomic E-state index is -0.0587. The van der Waals surface area contributed by atoms with Gasteiger partial charge in [-0.15, -0.1) is 11.3 Å². The fraction of sp³-hybridized carbons (Fsp3) is 0.308. The van der Waals surface area contributed by atoms with E-state index in [0.29, 0.717) is 5.65 Å². The SMILES string of the molecule is CC(N)c1nc(-c2nc3nc(N(C)C)ccc3[nH]2)cs1. The number of nitrogens with one attached hydrogen (secondary N) is 1. The summed E-state index contributed by atoms with van der Waals surface area (Å²) >= 11 is 1.55. The van der Waals surface area contributed by atoms with Crippen LogP contribution in [0.1, 0.15) is 18.0 Å². The Morgan fingerprint density at radius 3 is 2.70 bits per heavy atom. The first kappa shape index (κ1) is 13.0. The zero-order valence-electron chi connectivity index (χ0n) is 11.6. The molecule has 104 valence electrons. The van der Waals surface area contributed by atoms with Crippen molar-refractivity contribution in [3.05, 3.63) is 22.5 Å². The van der Waals surface area contributed by atoms with Crippen LogP contribution < -0.4 is 10.6 Å². The van der Waals surface area contributed by atoms with Crippen molar-refractivity contribution in [1.82, 2.24) is 19.9 Å². The summed E-state index contributed by atoms with van der Waals surface area (Å²) in [4.78, 5) is 18.7. The molecule has 0 fully saturated rings. The van der Waals surface area contributed by atoms with Crippen LogP contribution in [0.5, 0.6) is 0 Å². The highest BCUT2D eigenvalue weighted by molar-refractivity contribution is 7.10. The summed E-state index contributed by atoms with van der Waals surface area (Å²) in [6, 6.07) is 3.88. The summed E-state index contributed by atoms with van der Waals surface area (Å²) < 4.78 is 0. The van der Waals surface area contributed by atoms with E-state index in [0.717, 1.165) is 27.9 Å². The summed E-state index contributed by atoms with van der Waals surface area (Å²) in [6.07, 6.45) is 0. The second kappa shape index (κ2) is 4.84. The molecule has 20 heavy (non-hydrogen) atoms. The van der Waals surface area contributed by atoms with E-state index < -0.39 is 0 Å². The van der Waals surface area contributed by atoms with Crippen LogP contribution in [-0.2, 0) is 0 Å². The highest BCUT2D eigenvalue weighted by atomic mass is 32.1. The number of imidazole rings is 1. The number of hydrogen-bond donors (Lipinski definition) is 2. The van der Waals surface area contributed by atoms with Crippen molar-refractivity contribution >= 4 is 28.3 Å². The quantitative estimate of drug-likeness (QED) is 0.771. The Labute approximate surface area is 120 Å². The first-order valence-electron chi connectivity index (χ1n) is 6.30. The van der Waals surface area contributed by atoms with Crippen molar-refractivity contribution in [2.75, 3.05) is 19.0 Å². The molecule has 0 radical (unpaired) electrons. The Hall–Kier alpha value is -1.99. The van der Waals surface area contributed by atoms with Gasteiger partial charge in [0.25, 0.3) is 0 Å². The van der Waals surface area contributed by atoms with Crippen LogP contribution in [0.2, 0.25) is 0 Å². The maximum absolute atomic E-state index is 5.83. The molecular weight excluding hydrogens is 272 g/mol. The molecule has 0 aliphatic carbocycles. The van der Waals surface area contributed by atoms with Crippen molar-refractivity contribution in [3.63, 3.8) is 0 Å². The summed E-state index contributed by atoms with van der Waals surface area (Å²) in [5.41, 5.74) is 8.24. The van der Waals surface area contributed by atoms with Crippen LogP contribution in [0.4, 0.5) is 5.82 Å². The van der Waals surface area contributed by atoms with Crippen molar-refractivity contribution in [3.8, 4) is 11.5 Å². The third kappa shape index (κ3) is 2.25. The van der Waals surface area contributed by atoms with E-state index >= 15 is 0 Å². The molecule has 0 saturated carbocycles. The lowest BCUT2D eigenvalue weighted by atomic mass is 10.4. The summed E-state index contributed by atoms with van der Waals surface area (Å²) in [5.74, 6) is 1.61. The van der Waals surface area contributed by atoms with Gasteiger partial charge in [-0.05, 0) is 19.1 Å². The van der Waals surface area contributed by atoms with Crippen LogP contribution >= 0.6 is 11.3 Å². The van der Waals surface area contributed by atoms with Gasteiger partial charge >= 0.3 is 0 Å². The highest BCUT2D eigenvalue weighted by Gasteiger charge is 2.12. The zero-order chi connectivity index (χ0) is 14.3. The molecule has 0 amide bonds. The van der Waals surface area contributed by atoms with Gasteiger partial charge in [-0.25, -0.2) is 15.0 Å². The number of nitrogens with zero attached hydrogens (tertiary/aromatic N) is 4. The number of aromatic nitrogens is 4. The first-order valence-corrected chi connectivity index (χ1v) is 7.18. The van der Waals surface area contributed by atoms with E-state index in [9.17, 15) is 0 Å². The number of nitrogens with two attached hydrogens (primary N) is 1. The van der Waals surface area contributed by atoms with Crippen LogP contribution in [0, 0.1) is 0 Å². The number of fused-ring (bicyclic) bond motifs is 1. The van der Waals surface area contributed by atoms with E-state index in [4.69, 9.17) is 5.73 Å². The molecule has 3 heterocycles. The molecule has 0 saturated heterocycles. The van der Waals surface area contributed by atoms with Crippen LogP contribution in [0.15, 0.2) is 17.5 Å². The van der Waals surface area contributed by atoms with E-state index in [1.54, 1.807) is 11.3 Å². The smallest absolute Gasteiger partial charge is 0.180 e. The maximum atomic E-state index is 5.83. The standard InChI is InChI=1S/C13H16N6S/c1-7(14)13-16-9(6-20-13)12-15-8-4-5-10(19(2)3)17-11(8)18-12/h4-7H,14H2,1-3H3,(H,15,17,18). The average Bonchev–Trinajstić information content (AvgIpc) is 3.04. The average molecular weight is 288 g/mol. The molecule has 1 atom stereocenters. The van der Waals surface area contributed by atoms with Crippen molar-refractivity contribution in [1.29, 1.82) is 0 Å². The van der Waals surface area contributed by atoms with E-state index in [1.807, 2.05) is 43.4 Å². The second-order valence-electron chi connectivity index (χ2n) is 4.88. The van der Waals surface area contributed by atoms with Gasteiger partial charge in [0.1, 0.15) is 16.5 Å². The number of thiazole rings is 1. The molecule has 3 aromatic rings. The largest absolute Gasteiger partial charge is 0.363 e. The maximum Gasteiger partial charge on any atom is 0.180 e. The predicted octanol–water partition coefficient (Wildman–Crippen LogP) is 2.17. The monoisotopic (exact) mass is 288 g/mol. The zero-order valence-corrected chi connectivity index (χ0v) is 12.4. The lowest BCUT2D eigenvalue weighted by molar-refractivity contribution is 0.807. The fourth-order valence-electron chi connectivity index (χ4n) is 1.86. The van der Waals surface area contributed by atoms with Gasteiger partial charge < -0.3 is 15.6 Å². The first-order chi connectivity index (χ1) is 9.54. The molecule has 6 nitrogen and oxygen atoms in total. The van der Waals surface area contributed by atoms with Gasteiger partial charge in [-0.2, -0.15) is 0 Å². The highest BCUT2D eigenvalue weighted by Crippen LogP contribution is 2.24. The van der Waals surface area contributed by atoms with Gasteiger partial charge in [0.05, 0.1) is 11.6 Å². The van der Waals surface area contributed by atoms with Crippen LogP contribution in [0.25, 0.3) is 22.7 Å². The summed E-state index contributed by atoms with van der Waals surface area (Å²) in [5, 5.41) is 2.87. The Bertz CT molecular complexity index is 742. The molecule has 1 unspecified atom stereocenters. The topological polar surface area (TPSA) is 83.7 Å². The van der Waals surface area contributed by atoms with Crippen molar-refractivity contribution in [2.24, 2.45) is 5.73 Å². The molecule has 3 aromatic heterocycles. The molecule has 0 aliphatic heterocycles. The Balaban J connectivity index is 2.03. The molecular formula is C13H16N6S. The Morgan fingerprint density at radius 1 is 1.25 bits per heavy atom. The molecule has 0 spiro atoms. The molecule has 0 aliphatic rings. The Kier molecular flexibility index (Phi) is 3.15. The molecule has 0 bridgehead atoms. The molecule has 3 rings (SSSR count). The third-order valence-corrected chi connectivity index (χ3v) is 3.99. The van der Waals surface area contributed by atoms with Gasteiger partial charge in [-0.1, -0.05) is 0 Å². The lowest BCUT2D eigenvalue weighted by Crippen LogP contribution is -2.10. The fourth-order valence-corrected chi connectivity index (χ4v) is 2.62. The van der Waals surface area contributed by atoms with Gasteiger partial charge in [0.2, 0.25) is 0 Å². The van der Waals surface area contributed by atoms with Crippen molar-refractivity contribution < 1.29 is 0 Å². The minimum Gasteiger partial charge on any atom is -0.363 e. The van der Waals surface area contributed by atoms with Gasteiger partial charge in [-0.3, -0.25) is 0 Å². The number of hydrogen-bond acceptors (Lipinski definition) is 6. The Morgan fingerprint density at radius 2 is 2.05 bits per heavy atom. The third-order valence-electron chi connectivity index (χ3n) is 2.94. The van der Waals surface area contributed by atoms with Gasteiger partial charge in [0, 0.05) is 19.5 Å². The number of pyridine rings is 1. The number of aromatic amines is 1. The number of anilines is 1. The predicted molar refractivity (Wildman–Crippen MR) is 81.9 cm³/mol. The normalized spacial score (nSPS) is 12.8. The lowest BCUT2D eigenvalue weighted by Gasteiger charge is -2.09. The molecule has 7 heteroatoms. The second-order valence-corrected chi connectivity index (χ2v) is 5.77. The molecule has 3 N–H and O–H groups in total. The van der Waals surface area contributed by atoms with Crippen LogP contribution in [0.3, 0.4) is 0 Å². The van der Waals surface area contributed by atoms with E-state index in [-0.39, 0.29) is 6.04 Å². The minimum absolute atomic E-state index is 0.0587. The number of rotatable bonds is 3. The summed E-state index contributed by atoms with van der Waals surface area (Å²) in [6.45, 7) is 1.92. The van der Waals surface area contributed by atoms with E-state index in [2.05, 4.69) is 19.9 Å². The molecule has 0 aromatic carbocycles. The number of H-pyrrole nitrogens is 1.